The number of aromatic nitrogens is 2. The summed E-state index contributed by atoms with van der Waals surface area (Å²) in [5, 5.41) is 6.49. The van der Waals surface area contributed by atoms with Crippen LogP contribution in [0.15, 0.2) is 35.4 Å². The fourth-order valence-electron chi connectivity index (χ4n) is 2.73. The summed E-state index contributed by atoms with van der Waals surface area (Å²) in [5.74, 6) is -0.412. The Morgan fingerprint density at radius 3 is 2.73 bits per heavy atom. The molecule has 11 heteroatoms. The van der Waals surface area contributed by atoms with E-state index in [4.69, 9.17) is 0 Å². The van der Waals surface area contributed by atoms with E-state index in [1.54, 1.807) is 0 Å². The molecule has 26 heavy (non-hydrogen) atoms. The standard InChI is InChI=1S/C15H15F3N4O3S/c1-19-14(23)12-8-20-22-6-5-21(9-13(12)22)26(24,25)11-4-2-3-10(7-11)15(16,17)18/h2-4,7-8H,5-6,9H2,1H3,(H-,19,23,24,25). The number of alkyl halides is 3. The molecule has 7 nitrogen and oxygen atoms in total. The lowest BCUT2D eigenvalue weighted by Gasteiger charge is -2.31. The van der Waals surface area contributed by atoms with Crippen LogP contribution in [0, 0.1) is 0 Å². The number of sulfonamides is 1. The maximum absolute atomic E-state index is 12.9. The first-order valence-electron chi connectivity index (χ1n) is 7.59. The summed E-state index contributed by atoms with van der Waals surface area (Å²) in [6.45, 7) is 0.0896. The highest BCUT2D eigenvalue weighted by Crippen LogP contribution is 2.33. The number of fused-ring (bicyclic) bond motifs is 1. The van der Waals surface area contributed by atoms with Crippen molar-refractivity contribution in [1.82, 2.24) is 19.4 Å². The molecule has 1 aromatic heterocycles. The maximum atomic E-state index is 12.9. The van der Waals surface area contributed by atoms with Gasteiger partial charge in [-0.15, -0.1) is 4.31 Å². The lowest BCUT2D eigenvalue weighted by atomic mass is 10.2. The molecule has 1 atom stereocenters. The molecule has 2 heterocycles. The number of carbonyl (C=O) groups is 1. The number of nitrogens with one attached hydrogen (secondary N) is 1. The molecule has 1 aliphatic heterocycles. The molecule has 1 unspecified atom stereocenters. The van der Waals surface area contributed by atoms with E-state index in [1.165, 1.54) is 17.9 Å². The zero-order chi connectivity index (χ0) is 19.1. The minimum absolute atomic E-state index is 0.0421. The summed E-state index contributed by atoms with van der Waals surface area (Å²) >= 11 is 0. The van der Waals surface area contributed by atoms with E-state index in [-0.39, 0.29) is 25.2 Å². The molecule has 0 fully saturated rings. The van der Waals surface area contributed by atoms with E-state index in [2.05, 4.69) is 10.4 Å². The normalized spacial score (nSPS) is 17.4. The molecular weight excluding hydrogens is 373 g/mol. The molecule has 0 saturated carbocycles. The van der Waals surface area contributed by atoms with Crippen molar-refractivity contribution in [2.24, 2.45) is 0 Å². The van der Waals surface area contributed by atoms with Crippen molar-refractivity contribution in [2.75, 3.05) is 13.6 Å². The second-order valence-corrected chi connectivity index (χ2v) is 7.61. The van der Waals surface area contributed by atoms with E-state index in [0.29, 0.717) is 11.8 Å². The van der Waals surface area contributed by atoms with Crippen LogP contribution in [0.1, 0.15) is 21.6 Å². The number of hydrogen-bond donors (Lipinski definition) is 1. The largest absolute Gasteiger partial charge is 0.593 e. The van der Waals surface area contributed by atoms with Gasteiger partial charge in [0.15, 0.2) is 15.3 Å². The van der Waals surface area contributed by atoms with Gasteiger partial charge in [0, 0.05) is 13.1 Å². The van der Waals surface area contributed by atoms with Gasteiger partial charge in [-0.1, -0.05) is 10.3 Å². The van der Waals surface area contributed by atoms with Gasteiger partial charge in [0.2, 0.25) is 0 Å². The first-order chi connectivity index (χ1) is 12.1. The molecule has 1 N–H and O–H groups in total. The van der Waals surface area contributed by atoms with E-state index in [1.807, 2.05) is 0 Å². The van der Waals surface area contributed by atoms with Crippen molar-refractivity contribution in [3.8, 4) is 0 Å². The van der Waals surface area contributed by atoms with Gasteiger partial charge in [0.05, 0.1) is 42.7 Å². The van der Waals surface area contributed by atoms with Gasteiger partial charge in [0.1, 0.15) is 0 Å². The van der Waals surface area contributed by atoms with Gasteiger partial charge >= 0.3 is 6.18 Å². The Bertz CT molecular complexity index is 897. The number of hydrogen-bond acceptors (Lipinski definition) is 4. The molecule has 0 aliphatic carbocycles. The van der Waals surface area contributed by atoms with Crippen LogP contribution in [0.2, 0.25) is 0 Å². The quantitative estimate of drug-likeness (QED) is 0.810. The van der Waals surface area contributed by atoms with Crippen molar-refractivity contribution < 1.29 is 26.7 Å². The number of halogens is 3. The lowest BCUT2D eigenvalue weighted by molar-refractivity contribution is -0.137. The highest BCUT2D eigenvalue weighted by molar-refractivity contribution is 7.95. The molecule has 0 bridgehead atoms. The second-order valence-electron chi connectivity index (χ2n) is 5.67. The van der Waals surface area contributed by atoms with E-state index >= 15 is 0 Å². The molecule has 3 rings (SSSR count). The van der Waals surface area contributed by atoms with E-state index < -0.39 is 32.9 Å². The van der Waals surface area contributed by atoms with Crippen molar-refractivity contribution in [3.05, 3.63) is 47.3 Å². The number of benzene rings is 1. The first-order valence-corrected chi connectivity index (χ1v) is 9.03. The van der Waals surface area contributed by atoms with Crippen LogP contribution < -0.4 is 5.32 Å². The number of rotatable bonds is 3. The number of amides is 1. The average molecular weight is 388 g/mol. The van der Waals surface area contributed by atoms with Crippen molar-refractivity contribution in [1.29, 1.82) is 0 Å². The van der Waals surface area contributed by atoms with Crippen LogP contribution in [0.5, 0.6) is 0 Å². The maximum Gasteiger partial charge on any atom is 0.416 e. The van der Waals surface area contributed by atoms with E-state index in [9.17, 15) is 26.7 Å². The molecule has 2 aromatic rings. The Morgan fingerprint density at radius 1 is 1.35 bits per heavy atom. The SMILES string of the molecule is CNC(=O)c1cnn2c1CN([S+](=O)([O-])c1cccc(C(F)(F)F)c1)CC2. The van der Waals surface area contributed by atoms with Crippen LogP contribution in [-0.4, -0.2) is 38.1 Å². The molecule has 0 radical (unpaired) electrons. The third-order valence-corrected chi connectivity index (χ3v) is 5.95. The summed E-state index contributed by atoms with van der Waals surface area (Å²) in [6, 6.07) is 3.60. The minimum Gasteiger partial charge on any atom is -0.593 e. The summed E-state index contributed by atoms with van der Waals surface area (Å²) in [6.07, 6.45) is -3.30. The summed E-state index contributed by atoms with van der Waals surface area (Å²) < 4.78 is 66.7. The molecular formula is C15H15F3N4O3S. The van der Waals surface area contributed by atoms with Gasteiger partial charge in [-0.25, -0.2) is 0 Å². The molecule has 1 amide bonds. The lowest BCUT2D eigenvalue weighted by Crippen LogP contribution is -2.42. The van der Waals surface area contributed by atoms with Crippen molar-refractivity contribution >= 4 is 16.3 Å². The molecule has 0 spiro atoms. The summed E-state index contributed by atoms with van der Waals surface area (Å²) in [7, 11) is -2.72. The van der Waals surface area contributed by atoms with Gasteiger partial charge in [-0.05, 0) is 12.1 Å². The molecule has 1 aromatic carbocycles. The predicted octanol–water partition coefficient (Wildman–Crippen LogP) is 1.68. The fourth-order valence-corrected chi connectivity index (χ4v) is 4.17. The number of nitrogens with zero attached hydrogens (tertiary/aromatic N) is 3. The zero-order valence-electron chi connectivity index (χ0n) is 13.6. The van der Waals surface area contributed by atoms with Crippen LogP contribution in [-0.2, 0) is 33.9 Å². The Kier molecular flexibility index (Phi) is 4.63. The Labute approximate surface area is 148 Å². The predicted molar refractivity (Wildman–Crippen MR) is 84.6 cm³/mol. The van der Waals surface area contributed by atoms with Crippen molar-refractivity contribution in [3.63, 3.8) is 0 Å². The third-order valence-electron chi connectivity index (χ3n) is 4.11. The zero-order valence-corrected chi connectivity index (χ0v) is 14.4. The van der Waals surface area contributed by atoms with Crippen LogP contribution >= 0.6 is 0 Å². The Hall–Kier alpha value is -2.24. The van der Waals surface area contributed by atoms with Crippen LogP contribution in [0.25, 0.3) is 0 Å². The fraction of sp³-hybridized carbons (Fsp3) is 0.333. The monoisotopic (exact) mass is 388 g/mol. The van der Waals surface area contributed by atoms with Crippen LogP contribution in [0.3, 0.4) is 0 Å². The van der Waals surface area contributed by atoms with E-state index in [0.717, 1.165) is 22.5 Å². The first kappa shape index (κ1) is 18.5. The summed E-state index contributed by atoms with van der Waals surface area (Å²) in [5.41, 5.74) is -0.408. The number of carbonyl (C=O) groups excluding carboxylic acids is 1. The third kappa shape index (κ3) is 3.24. The molecule has 140 valence electrons. The minimum atomic E-state index is -4.64. The Balaban J connectivity index is 1.94. The van der Waals surface area contributed by atoms with Crippen molar-refractivity contribution in [2.45, 2.75) is 24.2 Å². The highest BCUT2D eigenvalue weighted by Gasteiger charge is 2.38. The van der Waals surface area contributed by atoms with Crippen LogP contribution in [0.4, 0.5) is 13.2 Å². The Morgan fingerprint density at radius 2 is 2.08 bits per heavy atom. The van der Waals surface area contributed by atoms with Gasteiger partial charge in [-0.3, -0.25) is 9.48 Å². The molecule has 1 aliphatic rings. The average Bonchev–Trinajstić information content (AvgIpc) is 3.03. The molecule has 0 saturated heterocycles. The smallest absolute Gasteiger partial charge is 0.416 e. The van der Waals surface area contributed by atoms with Gasteiger partial charge in [0.25, 0.3) is 5.91 Å². The second kappa shape index (κ2) is 6.49. The van der Waals surface area contributed by atoms with Gasteiger partial charge in [-0.2, -0.15) is 18.3 Å². The van der Waals surface area contributed by atoms with Gasteiger partial charge < -0.3 is 9.87 Å². The highest BCUT2D eigenvalue weighted by atomic mass is 32.3. The topological polar surface area (TPSA) is 90.3 Å². The summed E-state index contributed by atoms with van der Waals surface area (Å²) in [4.78, 5) is 11.4.